The number of fused-ring (bicyclic) bond motifs is 1. The molecule has 0 N–H and O–H groups in total. The van der Waals surface area contributed by atoms with Crippen LogP contribution in [0.2, 0.25) is 0 Å². The van der Waals surface area contributed by atoms with Crippen molar-refractivity contribution < 1.29 is 23.7 Å². The predicted molar refractivity (Wildman–Crippen MR) is 121 cm³/mol. The minimum absolute atomic E-state index is 0.301. The maximum absolute atomic E-state index is 12.6. The molecule has 0 bridgehead atoms. The van der Waals surface area contributed by atoms with E-state index in [-0.39, 0.29) is 0 Å². The highest BCUT2D eigenvalue weighted by molar-refractivity contribution is 7.16. The third kappa shape index (κ3) is 4.73. The molecule has 1 aromatic heterocycles. The Hall–Kier alpha value is -3.70. The van der Waals surface area contributed by atoms with Crippen molar-refractivity contribution in [1.82, 2.24) is 4.57 Å². The van der Waals surface area contributed by atoms with Crippen molar-refractivity contribution in [2.75, 3.05) is 28.4 Å². The van der Waals surface area contributed by atoms with E-state index in [0.717, 1.165) is 16.0 Å². The number of rotatable bonds is 7. The van der Waals surface area contributed by atoms with Crippen LogP contribution in [0.4, 0.5) is 0 Å². The lowest BCUT2D eigenvalue weighted by molar-refractivity contribution is -0.113. The molecule has 0 aliphatic heterocycles. The van der Waals surface area contributed by atoms with Gasteiger partial charge in [-0.1, -0.05) is 17.3 Å². The van der Waals surface area contributed by atoms with Gasteiger partial charge in [0.25, 0.3) is 5.91 Å². The molecule has 8 heteroatoms. The van der Waals surface area contributed by atoms with E-state index in [2.05, 4.69) is 10.9 Å². The molecule has 7 nitrogen and oxygen atoms in total. The van der Waals surface area contributed by atoms with Crippen molar-refractivity contribution in [2.24, 2.45) is 4.99 Å². The molecule has 3 rings (SSSR count). The van der Waals surface area contributed by atoms with Gasteiger partial charge in [0.05, 0.1) is 45.2 Å². The Morgan fingerprint density at radius 2 is 1.81 bits per heavy atom. The van der Waals surface area contributed by atoms with Crippen LogP contribution in [-0.4, -0.2) is 38.9 Å². The number of hydrogen-bond donors (Lipinski definition) is 0. The van der Waals surface area contributed by atoms with Gasteiger partial charge in [0.15, 0.2) is 16.3 Å². The summed E-state index contributed by atoms with van der Waals surface area (Å²) in [6, 6.07) is 9.13. The molecule has 0 aliphatic carbocycles. The molecule has 2 aromatic carbocycles. The SMILES string of the molecule is C#CCn1c(=NC(=O)C=Cc2cc(OC)c(OC)c(OC)c2)sc2cc(OC)ccc21. The molecule has 0 radical (unpaired) electrons. The van der Waals surface area contributed by atoms with Gasteiger partial charge >= 0.3 is 0 Å². The summed E-state index contributed by atoms with van der Waals surface area (Å²) in [7, 11) is 6.20. The van der Waals surface area contributed by atoms with Crippen molar-refractivity contribution in [3.8, 4) is 35.3 Å². The fourth-order valence-corrected chi connectivity index (χ4v) is 4.07. The lowest BCUT2D eigenvalue weighted by Crippen LogP contribution is -2.15. The van der Waals surface area contributed by atoms with Crippen LogP contribution in [0.1, 0.15) is 5.56 Å². The highest BCUT2D eigenvalue weighted by Crippen LogP contribution is 2.38. The number of hydrogen-bond acceptors (Lipinski definition) is 6. The lowest BCUT2D eigenvalue weighted by atomic mass is 10.1. The molecule has 0 unspecified atom stereocenters. The average molecular weight is 439 g/mol. The van der Waals surface area contributed by atoms with Gasteiger partial charge in [-0.3, -0.25) is 4.79 Å². The van der Waals surface area contributed by atoms with E-state index < -0.39 is 5.91 Å². The second-order valence-corrected chi connectivity index (χ2v) is 7.26. The lowest BCUT2D eigenvalue weighted by Gasteiger charge is -2.12. The topological polar surface area (TPSA) is 71.3 Å². The van der Waals surface area contributed by atoms with Crippen LogP contribution in [0.3, 0.4) is 0 Å². The quantitative estimate of drug-likeness (QED) is 0.417. The van der Waals surface area contributed by atoms with Gasteiger partial charge in [-0.25, -0.2) is 0 Å². The normalized spacial score (nSPS) is 11.5. The third-order valence-corrected chi connectivity index (χ3v) is 5.49. The monoisotopic (exact) mass is 438 g/mol. The van der Waals surface area contributed by atoms with E-state index in [0.29, 0.717) is 34.2 Å². The van der Waals surface area contributed by atoms with Gasteiger partial charge in [-0.15, -0.1) is 6.42 Å². The Morgan fingerprint density at radius 1 is 1.10 bits per heavy atom. The minimum Gasteiger partial charge on any atom is -0.497 e. The first-order valence-electron chi connectivity index (χ1n) is 9.22. The second kappa shape index (κ2) is 9.87. The van der Waals surface area contributed by atoms with Gasteiger partial charge in [-0.05, 0) is 42.0 Å². The Balaban J connectivity index is 1.97. The smallest absolute Gasteiger partial charge is 0.272 e. The van der Waals surface area contributed by atoms with E-state index in [1.54, 1.807) is 25.3 Å². The standard InChI is InChI=1S/C23H22N2O5S/c1-6-11-25-17-9-8-16(27-2)14-20(17)31-23(25)24-21(26)10-7-15-12-18(28-3)22(30-5)19(13-15)29-4/h1,7-10,12-14H,11H2,2-5H3. The summed E-state index contributed by atoms with van der Waals surface area (Å²) in [4.78, 5) is 17.3. The molecule has 160 valence electrons. The van der Waals surface area contributed by atoms with Crippen LogP contribution in [0, 0.1) is 12.3 Å². The number of carbonyl (C=O) groups is 1. The van der Waals surface area contributed by atoms with Crippen molar-refractivity contribution in [1.29, 1.82) is 0 Å². The molecule has 1 heterocycles. The predicted octanol–water partition coefficient (Wildman–Crippen LogP) is 3.51. The van der Waals surface area contributed by atoms with E-state index in [9.17, 15) is 4.79 Å². The fraction of sp³-hybridized carbons (Fsp3) is 0.217. The van der Waals surface area contributed by atoms with E-state index in [1.165, 1.54) is 38.7 Å². The van der Waals surface area contributed by atoms with Crippen LogP contribution in [0.15, 0.2) is 41.4 Å². The average Bonchev–Trinajstić information content (AvgIpc) is 3.12. The number of carbonyl (C=O) groups excluding carboxylic acids is 1. The number of terminal acetylenes is 1. The maximum atomic E-state index is 12.6. The van der Waals surface area contributed by atoms with Crippen LogP contribution < -0.4 is 23.7 Å². The van der Waals surface area contributed by atoms with Gasteiger partial charge in [-0.2, -0.15) is 4.99 Å². The molecule has 0 saturated carbocycles. The largest absolute Gasteiger partial charge is 0.497 e. The van der Waals surface area contributed by atoms with Gasteiger partial charge in [0, 0.05) is 6.08 Å². The first kappa shape index (κ1) is 22.0. The molecule has 0 spiro atoms. The molecule has 3 aromatic rings. The maximum Gasteiger partial charge on any atom is 0.272 e. The number of aromatic nitrogens is 1. The van der Waals surface area contributed by atoms with Gasteiger partial charge in [0.2, 0.25) is 5.75 Å². The molecule has 31 heavy (non-hydrogen) atoms. The number of methoxy groups -OCH3 is 4. The Labute approximate surface area is 184 Å². The zero-order valence-corrected chi connectivity index (χ0v) is 18.5. The van der Waals surface area contributed by atoms with Crippen molar-refractivity contribution in [3.63, 3.8) is 0 Å². The molecule has 0 saturated heterocycles. The van der Waals surface area contributed by atoms with E-state index >= 15 is 0 Å². The molecule has 1 amide bonds. The summed E-state index contributed by atoms with van der Waals surface area (Å²) < 4.78 is 24.0. The third-order valence-electron chi connectivity index (χ3n) is 4.45. The van der Waals surface area contributed by atoms with Crippen LogP contribution in [0.5, 0.6) is 23.0 Å². The summed E-state index contributed by atoms with van der Waals surface area (Å²) in [5, 5.41) is 0. The van der Waals surface area contributed by atoms with Crippen LogP contribution >= 0.6 is 11.3 Å². The zero-order chi connectivity index (χ0) is 22.4. The minimum atomic E-state index is -0.418. The Kier molecular flexibility index (Phi) is 7.00. The number of amides is 1. The summed E-state index contributed by atoms with van der Waals surface area (Å²) in [6.07, 6.45) is 8.53. The first-order chi connectivity index (χ1) is 15.0. The number of thiazole rings is 1. The van der Waals surface area contributed by atoms with Crippen molar-refractivity contribution >= 4 is 33.5 Å². The second-order valence-electron chi connectivity index (χ2n) is 6.25. The van der Waals surface area contributed by atoms with E-state index in [1.807, 2.05) is 22.8 Å². The zero-order valence-electron chi connectivity index (χ0n) is 17.7. The summed E-state index contributed by atoms with van der Waals surface area (Å²) in [5.74, 6) is 4.39. The van der Waals surface area contributed by atoms with E-state index in [4.69, 9.17) is 25.4 Å². The van der Waals surface area contributed by atoms with Crippen LogP contribution in [0.25, 0.3) is 16.3 Å². The summed E-state index contributed by atoms with van der Waals surface area (Å²) >= 11 is 1.37. The molecule has 0 fully saturated rings. The summed E-state index contributed by atoms with van der Waals surface area (Å²) in [6.45, 7) is 0.301. The van der Waals surface area contributed by atoms with Gasteiger partial charge < -0.3 is 23.5 Å². The Morgan fingerprint density at radius 3 is 2.39 bits per heavy atom. The highest BCUT2D eigenvalue weighted by atomic mass is 32.1. The van der Waals surface area contributed by atoms with Gasteiger partial charge in [0.1, 0.15) is 5.75 Å². The van der Waals surface area contributed by atoms with Crippen molar-refractivity contribution in [2.45, 2.75) is 6.54 Å². The molecular formula is C23H22N2O5S. The summed E-state index contributed by atoms with van der Waals surface area (Å²) in [5.41, 5.74) is 1.60. The highest BCUT2D eigenvalue weighted by Gasteiger charge is 2.12. The number of benzene rings is 2. The fourth-order valence-electron chi connectivity index (χ4n) is 3.01. The van der Waals surface area contributed by atoms with Crippen molar-refractivity contribution in [3.05, 3.63) is 46.8 Å². The molecular weight excluding hydrogens is 416 g/mol. The number of ether oxygens (including phenoxy) is 4. The number of nitrogens with zero attached hydrogens (tertiary/aromatic N) is 2. The molecule has 0 aliphatic rings. The van der Waals surface area contributed by atoms with Crippen LogP contribution in [-0.2, 0) is 11.3 Å². The first-order valence-corrected chi connectivity index (χ1v) is 10.0. The Bertz CT molecular complexity index is 1220. The molecule has 0 atom stereocenters.